The first-order valence-electron chi connectivity index (χ1n) is 16.4. The number of nitrogens with zero attached hydrogens (tertiary/aromatic N) is 7. The van der Waals surface area contributed by atoms with Crippen LogP contribution in [0, 0.1) is 20.2 Å². The molecular formula is C31H44B2Br2Cl2F4N8O4-. The zero-order valence-corrected chi connectivity index (χ0v) is 33.0. The molecular weight excluding hydrogens is 877 g/mol. The molecule has 1 N–H and O–H groups in total. The summed E-state index contributed by atoms with van der Waals surface area (Å²) in [5.74, 6) is -4.68. The molecule has 12 nitrogen and oxygen atoms in total. The number of rotatable bonds is 5. The van der Waals surface area contributed by atoms with Gasteiger partial charge in [0.1, 0.15) is 0 Å². The van der Waals surface area contributed by atoms with Crippen molar-refractivity contribution in [3.8, 4) is 0 Å². The molecule has 295 valence electrons. The van der Waals surface area contributed by atoms with Crippen LogP contribution in [0.15, 0.2) is 33.5 Å². The van der Waals surface area contributed by atoms with Crippen LogP contribution in [0.2, 0.25) is 5.15 Å². The van der Waals surface area contributed by atoms with Crippen molar-refractivity contribution in [2.24, 2.45) is 0 Å². The predicted octanol–water partition coefficient (Wildman–Crippen LogP) is 7.62. The molecule has 0 saturated carbocycles. The van der Waals surface area contributed by atoms with E-state index in [1.54, 1.807) is 6.20 Å². The predicted molar refractivity (Wildman–Crippen MR) is 210 cm³/mol. The highest BCUT2D eigenvalue weighted by Crippen LogP contribution is 2.34. The number of hydrogen-bond acceptors (Lipinski definition) is 10. The van der Waals surface area contributed by atoms with Gasteiger partial charge in [-0.2, -0.15) is 0 Å². The summed E-state index contributed by atoms with van der Waals surface area (Å²) in [6.07, 6.45) is 7.63. The van der Waals surface area contributed by atoms with Gasteiger partial charge in [0.05, 0.1) is 22.9 Å². The van der Waals surface area contributed by atoms with E-state index in [0.717, 1.165) is 32.5 Å². The molecule has 6 heterocycles. The molecule has 0 unspecified atom stereocenters. The molecule has 4 saturated heterocycles. The molecule has 4 aliphatic heterocycles. The van der Waals surface area contributed by atoms with E-state index in [2.05, 4.69) is 62.6 Å². The van der Waals surface area contributed by atoms with Crippen LogP contribution in [0.1, 0.15) is 58.8 Å². The van der Waals surface area contributed by atoms with E-state index in [0.29, 0.717) is 66.1 Å². The summed E-state index contributed by atoms with van der Waals surface area (Å²) in [6.45, 7) is 4.51. The third-order valence-corrected chi connectivity index (χ3v) is 10.1. The van der Waals surface area contributed by atoms with E-state index in [1.165, 1.54) is 18.3 Å². The summed E-state index contributed by atoms with van der Waals surface area (Å²) >= 11 is 11.7. The summed E-state index contributed by atoms with van der Waals surface area (Å²) < 4.78 is 54.6. The van der Waals surface area contributed by atoms with Crippen molar-refractivity contribution in [3.63, 3.8) is 0 Å². The maximum Gasteiger partial charge on any atom is 0.312 e. The minimum absolute atomic E-state index is 0. The highest BCUT2D eigenvalue weighted by molar-refractivity contribution is 9.10. The van der Waals surface area contributed by atoms with E-state index < -0.39 is 21.7 Å². The molecule has 5 radical (unpaired) electrons. The Balaban J connectivity index is 0.000000414. The summed E-state index contributed by atoms with van der Waals surface area (Å²) in [5, 5.41) is 24.6. The van der Waals surface area contributed by atoms with Crippen LogP contribution in [-0.2, 0) is 0 Å². The van der Waals surface area contributed by atoms with Crippen molar-refractivity contribution in [1.82, 2.24) is 25.1 Å². The van der Waals surface area contributed by atoms with Crippen LogP contribution in [0.5, 0.6) is 0 Å². The first-order valence-corrected chi connectivity index (χ1v) is 18.4. The normalized spacial score (nSPS) is 20.3. The molecule has 53 heavy (non-hydrogen) atoms. The Hall–Kier alpha value is -1.83. The standard InChI is InChI=1S/C15H19BrF2N4O2.C10H18F2N2.C5H2BrClN2O2.CH4.B2.ClH/c16-11-8-13(22(23)24)14(19-9-11)20-6-2-12(3-7-20)21-5-1-4-15(17,18)10-21;11-10(12)4-1-7-14(8-10)9-2-5-13-6-3-9;6-3-1-4(9(10)11)5(7)8-2-3;;1-2;/h8-9,12H,1-7,10H2;9,13H,1-8H2;1-2H;1H4;;1H/q;;;;-1;. The molecule has 0 aliphatic carbocycles. The monoisotopic (exact) mass is 918 g/mol. The van der Waals surface area contributed by atoms with Crippen molar-refractivity contribution < 1.29 is 27.4 Å². The van der Waals surface area contributed by atoms with Gasteiger partial charge in [-0.1, -0.05) is 19.0 Å². The van der Waals surface area contributed by atoms with Crippen molar-refractivity contribution in [2.45, 2.75) is 82.7 Å². The second kappa shape index (κ2) is 23.3. The van der Waals surface area contributed by atoms with Gasteiger partial charge in [-0.05, 0) is 96.6 Å². The number of halogens is 8. The first-order chi connectivity index (χ1) is 24.1. The van der Waals surface area contributed by atoms with Crippen LogP contribution < -0.4 is 10.2 Å². The fourth-order valence-corrected chi connectivity index (χ4v) is 7.38. The number of nitrogens with one attached hydrogen (secondary N) is 1. The maximum atomic E-state index is 13.6. The molecule has 0 amide bonds. The average Bonchev–Trinajstić information content (AvgIpc) is 3.10. The summed E-state index contributed by atoms with van der Waals surface area (Å²) in [4.78, 5) is 33.9. The Bertz CT molecular complexity index is 1460. The van der Waals surface area contributed by atoms with Gasteiger partial charge in [-0.3, -0.25) is 30.0 Å². The lowest BCUT2D eigenvalue weighted by atomic mass is 9.81. The van der Waals surface area contributed by atoms with E-state index in [1.807, 2.05) is 14.7 Å². The molecule has 0 spiro atoms. The number of aromatic nitrogens is 2. The van der Waals surface area contributed by atoms with E-state index in [4.69, 9.17) is 11.6 Å². The number of hydrogen-bond donors (Lipinski definition) is 1. The summed E-state index contributed by atoms with van der Waals surface area (Å²) in [7, 11) is 8.00. The molecule has 0 bridgehead atoms. The third-order valence-electron chi connectivity index (χ3n) is 8.94. The third kappa shape index (κ3) is 15.7. The molecule has 0 atom stereocenters. The second-order valence-corrected chi connectivity index (χ2v) is 14.7. The van der Waals surface area contributed by atoms with Crippen LogP contribution in [-0.4, -0.2) is 121 Å². The molecule has 4 aliphatic rings. The lowest BCUT2D eigenvalue weighted by Crippen LogP contribution is -2.51. The molecule has 22 heteroatoms. The smallest absolute Gasteiger partial charge is 0.312 e. The van der Waals surface area contributed by atoms with Gasteiger partial charge in [0, 0.05) is 71.5 Å². The topological polar surface area (TPSA) is 134 Å². The number of anilines is 1. The maximum absolute atomic E-state index is 13.6. The highest BCUT2D eigenvalue weighted by atomic mass is 79.9. The first kappa shape index (κ1) is 49.2. The van der Waals surface area contributed by atoms with Gasteiger partial charge in [-0.25, -0.2) is 27.5 Å². The largest absolute Gasteiger partial charge is 0.693 e. The number of nitro groups is 2. The number of piperidine rings is 4. The van der Waals surface area contributed by atoms with Crippen LogP contribution in [0.4, 0.5) is 34.8 Å². The molecule has 4 fully saturated rings. The van der Waals surface area contributed by atoms with Gasteiger partial charge in [0.15, 0.2) is 0 Å². The van der Waals surface area contributed by atoms with Crippen LogP contribution in [0.3, 0.4) is 0 Å². The van der Waals surface area contributed by atoms with Crippen LogP contribution in [0.25, 0.3) is 0 Å². The van der Waals surface area contributed by atoms with Crippen molar-refractivity contribution in [3.05, 3.63) is 58.9 Å². The van der Waals surface area contributed by atoms with Crippen molar-refractivity contribution >= 4 is 88.5 Å². The second-order valence-electron chi connectivity index (χ2n) is 12.5. The minimum Gasteiger partial charge on any atom is -0.693 e. The minimum atomic E-state index is -2.60. The Morgan fingerprint density at radius 3 is 1.68 bits per heavy atom. The number of pyridine rings is 2. The SMILES string of the molecule is C.Cl.FC1(F)CCCN(C2CCNCC2)C1.O=[N+]([O-])c1cc(Br)cnc1Cl.O=[N+]([O-])c1cc(Br)cnc1N1CCC(N2CCCC(F)(F)C2)CC1.[B][B-]. The zero-order valence-electron chi connectivity index (χ0n) is 28.2. The van der Waals surface area contributed by atoms with Crippen LogP contribution >= 0.6 is 55.9 Å². The quantitative estimate of drug-likeness (QED) is 0.105. The summed E-state index contributed by atoms with van der Waals surface area (Å²) in [6, 6.07) is 3.25. The Kier molecular flexibility index (Phi) is 21.6. The van der Waals surface area contributed by atoms with Gasteiger partial charge in [0.25, 0.3) is 11.8 Å². The lowest BCUT2D eigenvalue weighted by molar-refractivity contribution is -0.385. The van der Waals surface area contributed by atoms with Crippen molar-refractivity contribution in [1.29, 1.82) is 0 Å². The van der Waals surface area contributed by atoms with Gasteiger partial charge < -0.3 is 25.7 Å². The molecule has 2 aromatic heterocycles. The average molecular weight is 921 g/mol. The zero-order chi connectivity index (χ0) is 37.8. The lowest BCUT2D eigenvalue weighted by Gasteiger charge is -2.42. The van der Waals surface area contributed by atoms with Gasteiger partial charge in [-0.15, -0.1) is 12.4 Å². The fourth-order valence-electron chi connectivity index (χ4n) is 6.57. The Morgan fingerprint density at radius 2 is 1.25 bits per heavy atom. The Labute approximate surface area is 338 Å². The fraction of sp³-hybridized carbons (Fsp3) is 0.677. The van der Waals surface area contributed by atoms with E-state index in [-0.39, 0.29) is 68.3 Å². The molecule has 2 aromatic rings. The van der Waals surface area contributed by atoms with Gasteiger partial charge >= 0.3 is 11.4 Å². The van der Waals surface area contributed by atoms with E-state index >= 15 is 0 Å². The number of alkyl halides is 4. The molecule has 6 rings (SSSR count). The Morgan fingerprint density at radius 1 is 0.811 bits per heavy atom. The summed E-state index contributed by atoms with van der Waals surface area (Å²) in [5.41, 5.74) is -0.228. The van der Waals surface area contributed by atoms with E-state index in [9.17, 15) is 37.8 Å². The highest BCUT2D eigenvalue weighted by Gasteiger charge is 2.39. The molecule has 0 aromatic carbocycles. The van der Waals surface area contributed by atoms with Crippen molar-refractivity contribution in [2.75, 3.05) is 57.3 Å². The number of likely N-dealkylation sites (tertiary alicyclic amines) is 2. The van der Waals surface area contributed by atoms with Gasteiger partial charge in [0.2, 0.25) is 11.0 Å².